The second-order valence-corrected chi connectivity index (χ2v) is 7.99. The molecule has 8 heteroatoms. The third kappa shape index (κ3) is 4.96. The van der Waals surface area contributed by atoms with Crippen LogP contribution in [0.3, 0.4) is 0 Å². The Bertz CT molecular complexity index is 1110. The maximum atomic E-state index is 13.9. The van der Waals surface area contributed by atoms with Crippen LogP contribution < -0.4 is 4.74 Å². The molecule has 1 amide bonds. The SMILES string of the molecule is Cc1cccc(CN2CCN(C(=O)c3noc(C)c3COc3ccc(F)cc3F)CC2)c1. The van der Waals surface area contributed by atoms with Crippen molar-refractivity contribution in [3.8, 4) is 5.75 Å². The minimum absolute atomic E-state index is 0.102. The number of aryl methyl sites for hydroxylation is 2. The quantitative estimate of drug-likeness (QED) is 0.576. The maximum Gasteiger partial charge on any atom is 0.276 e. The smallest absolute Gasteiger partial charge is 0.276 e. The lowest BCUT2D eigenvalue weighted by Gasteiger charge is -2.34. The summed E-state index contributed by atoms with van der Waals surface area (Å²) in [4.78, 5) is 17.1. The van der Waals surface area contributed by atoms with E-state index in [0.29, 0.717) is 24.4 Å². The predicted octanol–water partition coefficient (Wildman–Crippen LogP) is 4.11. The largest absolute Gasteiger partial charge is 0.486 e. The standard InChI is InChI=1S/C24H25F2N3O3/c1-16-4-3-5-18(12-16)14-28-8-10-29(11-9-28)24(30)23-20(17(2)32-27-23)15-31-22-7-6-19(25)13-21(22)26/h3-7,12-13H,8-11,14-15H2,1-2H3. The number of carbonyl (C=O) groups excluding carboxylic acids is 1. The number of halogens is 2. The van der Waals surface area contributed by atoms with E-state index in [0.717, 1.165) is 31.8 Å². The van der Waals surface area contributed by atoms with Gasteiger partial charge in [-0.2, -0.15) is 0 Å². The summed E-state index contributed by atoms with van der Waals surface area (Å²) in [5.41, 5.74) is 3.11. The number of hydrogen-bond acceptors (Lipinski definition) is 5. The van der Waals surface area contributed by atoms with Crippen molar-refractivity contribution in [2.75, 3.05) is 26.2 Å². The zero-order valence-electron chi connectivity index (χ0n) is 18.1. The third-order valence-electron chi connectivity index (χ3n) is 5.60. The second-order valence-electron chi connectivity index (χ2n) is 7.99. The summed E-state index contributed by atoms with van der Waals surface area (Å²) >= 11 is 0. The number of carbonyl (C=O) groups is 1. The topological polar surface area (TPSA) is 58.8 Å². The fourth-order valence-electron chi connectivity index (χ4n) is 3.80. The van der Waals surface area contributed by atoms with Gasteiger partial charge in [0, 0.05) is 38.8 Å². The zero-order chi connectivity index (χ0) is 22.7. The highest BCUT2D eigenvalue weighted by Gasteiger charge is 2.28. The number of aromatic nitrogens is 1. The van der Waals surface area contributed by atoms with Gasteiger partial charge in [-0.25, -0.2) is 8.78 Å². The van der Waals surface area contributed by atoms with Gasteiger partial charge in [0.15, 0.2) is 17.3 Å². The molecule has 0 bridgehead atoms. The van der Waals surface area contributed by atoms with Gasteiger partial charge in [0.05, 0.1) is 5.56 Å². The molecule has 1 aromatic heterocycles. The first-order chi connectivity index (χ1) is 15.4. The van der Waals surface area contributed by atoms with Crippen molar-refractivity contribution >= 4 is 5.91 Å². The van der Waals surface area contributed by atoms with Crippen LogP contribution in [0.25, 0.3) is 0 Å². The summed E-state index contributed by atoms with van der Waals surface area (Å²) in [5, 5.41) is 3.92. The predicted molar refractivity (Wildman–Crippen MR) is 114 cm³/mol. The Balaban J connectivity index is 1.38. The van der Waals surface area contributed by atoms with Gasteiger partial charge in [-0.15, -0.1) is 0 Å². The van der Waals surface area contributed by atoms with Crippen LogP contribution in [0.4, 0.5) is 8.78 Å². The summed E-state index contributed by atoms with van der Waals surface area (Å²) in [6.07, 6.45) is 0. The van der Waals surface area contributed by atoms with Gasteiger partial charge in [-0.05, 0) is 31.5 Å². The first-order valence-electron chi connectivity index (χ1n) is 10.5. The van der Waals surface area contributed by atoms with E-state index >= 15 is 0 Å². The number of hydrogen-bond donors (Lipinski definition) is 0. The molecular formula is C24H25F2N3O3. The number of nitrogens with zero attached hydrogens (tertiary/aromatic N) is 3. The number of amides is 1. The molecule has 32 heavy (non-hydrogen) atoms. The van der Waals surface area contributed by atoms with Gasteiger partial charge >= 0.3 is 0 Å². The molecule has 0 saturated carbocycles. The fourth-order valence-corrected chi connectivity index (χ4v) is 3.80. The van der Waals surface area contributed by atoms with Crippen molar-refractivity contribution in [3.05, 3.63) is 82.2 Å². The van der Waals surface area contributed by atoms with Gasteiger partial charge in [0.1, 0.15) is 18.2 Å². The van der Waals surface area contributed by atoms with Gasteiger partial charge in [0.25, 0.3) is 5.91 Å². The first-order valence-corrected chi connectivity index (χ1v) is 10.5. The highest BCUT2D eigenvalue weighted by molar-refractivity contribution is 5.93. The third-order valence-corrected chi connectivity index (χ3v) is 5.60. The van der Waals surface area contributed by atoms with Crippen LogP contribution in [0.1, 0.15) is 32.9 Å². The van der Waals surface area contributed by atoms with E-state index in [2.05, 4.69) is 41.2 Å². The van der Waals surface area contributed by atoms with Crippen LogP contribution in [-0.2, 0) is 13.2 Å². The van der Waals surface area contributed by atoms with Gasteiger partial charge in [0.2, 0.25) is 0 Å². The van der Waals surface area contributed by atoms with Crippen LogP contribution >= 0.6 is 0 Å². The lowest BCUT2D eigenvalue weighted by molar-refractivity contribution is 0.0616. The molecule has 168 valence electrons. The molecule has 1 aliphatic heterocycles. The molecule has 0 unspecified atom stereocenters. The molecule has 6 nitrogen and oxygen atoms in total. The highest BCUT2D eigenvalue weighted by Crippen LogP contribution is 2.22. The van der Waals surface area contributed by atoms with Crippen molar-refractivity contribution in [1.29, 1.82) is 0 Å². The van der Waals surface area contributed by atoms with E-state index in [4.69, 9.17) is 9.26 Å². The molecule has 2 heterocycles. The average molecular weight is 441 g/mol. The second kappa shape index (κ2) is 9.48. The monoisotopic (exact) mass is 441 g/mol. The molecule has 0 spiro atoms. The summed E-state index contributed by atoms with van der Waals surface area (Å²) < 4.78 is 37.6. The Morgan fingerprint density at radius 3 is 2.59 bits per heavy atom. The Morgan fingerprint density at radius 1 is 1.09 bits per heavy atom. The molecule has 1 saturated heterocycles. The van der Waals surface area contributed by atoms with Gasteiger partial charge in [-0.1, -0.05) is 35.0 Å². The van der Waals surface area contributed by atoms with Crippen LogP contribution in [0.15, 0.2) is 47.0 Å². The molecule has 0 aliphatic carbocycles. The van der Waals surface area contributed by atoms with Crippen molar-refractivity contribution < 1.29 is 22.8 Å². The molecule has 0 atom stereocenters. The number of benzene rings is 2. The van der Waals surface area contributed by atoms with Crippen LogP contribution in [-0.4, -0.2) is 47.0 Å². The molecule has 1 aliphatic rings. The molecule has 3 aromatic rings. The van der Waals surface area contributed by atoms with Crippen molar-refractivity contribution in [3.63, 3.8) is 0 Å². The fraction of sp³-hybridized carbons (Fsp3) is 0.333. The van der Waals surface area contributed by atoms with Crippen molar-refractivity contribution in [1.82, 2.24) is 15.0 Å². The Kier molecular flexibility index (Phi) is 6.50. The first kappa shape index (κ1) is 22.0. The molecular weight excluding hydrogens is 416 g/mol. The van der Waals surface area contributed by atoms with Crippen LogP contribution in [0.2, 0.25) is 0 Å². The maximum absolute atomic E-state index is 13.9. The van der Waals surface area contributed by atoms with Crippen molar-refractivity contribution in [2.45, 2.75) is 27.0 Å². The lowest BCUT2D eigenvalue weighted by Crippen LogP contribution is -2.48. The minimum Gasteiger partial charge on any atom is -0.486 e. The van der Waals surface area contributed by atoms with Gasteiger partial charge < -0.3 is 14.2 Å². The van der Waals surface area contributed by atoms with Gasteiger partial charge in [-0.3, -0.25) is 9.69 Å². The summed E-state index contributed by atoms with van der Waals surface area (Å²) in [7, 11) is 0. The lowest BCUT2D eigenvalue weighted by atomic mass is 10.1. The number of piperazine rings is 1. The van der Waals surface area contributed by atoms with E-state index in [1.165, 1.54) is 17.2 Å². The van der Waals surface area contributed by atoms with E-state index in [1.807, 2.05) is 0 Å². The summed E-state index contributed by atoms with van der Waals surface area (Å²) in [6, 6.07) is 11.5. The zero-order valence-corrected chi connectivity index (χ0v) is 18.1. The summed E-state index contributed by atoms with van der Waals surface area (Å²) in [6.45, 7) is 7.13. The van der Waals surface area contributed by atoms with E-state index in [1.54, 1.807) is 11.8 Å². The Hall–Kier alpha value is -3.26. The summed E-state index contributed by atoms with van der Waals surface area (Å²) in [5.74, 6) is -1.41. The normalized spacial score (nSPS) is 14.6. The van der Waals surface area contributed by atoms with Crippen LogP contribution in [0.5, 0.6) is 5.75 Å². The highest BCUT2D eigenvalue weighted by atomic mass is 19.1. The molecule has 1 fully saturated rings. The molecule has 2 aromatic carbocycles. The average Bonchev–Trinajstić information content (AvgIpc) is 3.13. The number of ether oxygens (including phenoxy) is 1. The van der Waals surface area contributed by atoms with E-state index in [-0.39, 0.29) is 24.0 Å². The number of rotatable bonds is 6. The molecule has 0 radical (unpaired) electrons. The Morgan fingerprint density at radius 2 is 1.88 bits per heavy atom. The Labute approximate surface area is 185 Å². The van der Waals surface area contributed by atoms with E-state index in [9.17, 15) is 13.6 Å². The van der Waals surface area contributed by atoms with E-state index < -0.39 is 11.6 Å². The van der Waals surface area contributed by atoms with Crippen LogP contribution in [0, 0.1) is 25.5 Å². The molecule has 4 rings (SSSR count). The van der Waals surface area contributed by atoms with Crippen molar-refractivity contribution in [2.24, 2.45) is 0 Å². The molecule has 0 N–H and O–H groups in total. The minimum atomic E-state index is -0.809.